The molecular formula is C17H21N3O2. The number of carbonyl (C=O) groups is 1. The first-order valence-electron chi connectivity index (χ1n) is 7.45. The summed E-state index contributed by atoms with van der Waals surface area (Å²) in [5, 5.41) is 0. The van der Waals surface area contributed by atoms with Crippen molar-refractivity contribution in [3.8, 4) is 11.4 Å². The SMILES string of the molecule is COc1cc(N(C)C)c(-n2cnc(C3CC3)c2)cc1C(C)=O. The van der Waals surface area contributed by atoms with Gasteiger partial charge in [0.15, 0.2) is 5.78 Å². The minimum Gasteiger partial charge on any atom is -0.496 e. The standard InChI is InChI=1S/C17H21N3O2/c1-11(21)13-7-16(15(19(2)3)8-17(13)22-4)20-9-14(18-10-20)12-5-6-12/h7-10,12H,5-6H2,1-4H3. The lowest BCUT2D eigenvalue weighted by Gasteiger charge is -2.20. The molecule has 0 radical (unpaired) electrons. The van der Waals surface area contributed by atoms with Crippen molar-refractivity contribution >= 4 is 11.5 Å². The molecule has 0 bridgehead atoms. The van der Waals surface area contributed by atoms with Gasteiger partial charge in [0.1, 0.15) is 5.75 Å². The zero-order chi connectivity index (χ0) is 15.9. The fourth-order valence-electron chi connectivity index (χ4n) is 2.63. The van der Waals surface area contributed by atoms with Crippen molar-refractivity contribution < 1.29 is 9.53 Å². The number of carbonyl (C=O) groups excluding carboxylic acids is 1. The largest absolute Gasteiger partial charge is 0.496 e. The molecule has 0 aliphatic heterocycles. The first kappa shape index (κ1) is 14.6. The highest BCUT2D eigenvalue weighted by Gasteiger charge is 2.26. The van der Waals surface area contributed by atoms with E-state index in [4.69, 9.17) is 4.74 Å². The summed E-state index contributed by atoms with van der Waals surface area (Å²) in [5.41, 5.74) is 3.65. The second-order valence-corrected chi connectivity index (χ2v) is 5.97. The first-order valence-corrected chi connectivity index (χ1v) is 7.45. The van der Waals surface area contributed by atoms with Gasteiger partial charge in [0, 0.05) is 32.3 Å². The fourth-order valence-corrected chi connectivity index (χ4v) is 2.63. The molecule has 5 nitrogen and oxygen atoms in total. The molecule has 1 fully saturated rings. The lowest BCUT2D eigenvalue weighted by Crippen LogP contribution is -2.13. The number of ether oxygens (including phenoxy) is 1. The van der Waals surface area contributed by atoms with Crippen LogP contribution in [-0.2, 0) is 0 Å². The van der Waals surface area contributed by atoms with Gasteiger partial charge < -0.3 is 14.2 Å². The van der Waals surface area contributed by atoms with Crippen LogP contribution in [0.4, 0.5) is 5.69 Å². The van der Waals surface area contributed by atoms with Crippen LogP contribution < -0.4 is 9.64 Å². The molecule has 0 amide bonds. The molecule has 0 saturated heterocycles. The highest BCUT2D eigenvalue weighted by atomic mass is 16.5. The fraction of sp³-hybridized carbons (Fsp3) is 0.412. The number of nitrogens with zero attached hydrogens (tertiary/aromatic N) is 3. The van der Waals surface area contributed by atoms with Gasteiger partial charge in [-0.25, -0.2) is 4.98 Å². The number of hydrogen-bond acceptors (Lipinski definition) is 4. The molecule has 1 aliphatic carbocycles. The summed E-state index contributed by atoms with van der Waals surface area (Å²) in [7, 11) is 5.54. The van der Waals surface area contributed by atoms with E-state index in [9.17, 15) is 4.79 Å². The molecule has 1 aliphatic rings. The Balaban J connectivity index is 2.14. The van der Waals surface area contributed by atoms with E-state index in [0.717, 1.165) is 17.1 Å². The van der Waals surface area contributed by atoms with Crippen molar-refractivity contribution in [2.45, 2.75) is 25.7 Å². The van der Waals surface area contributed by atoms with Gasteiger partial charge in [0.25, 0.3) is 0 Å². The van der Waals surface area contributed by atoms with Gasteiger partial charge >= 0.3 is 0 Å². The van der Waals surface area contributed by atoms with Crippen molar-refractivity contribution in [3.05, 3.63) is 35.9 Å². The Labute approximate surface area is 130 Å². The number of rotatable bonds is 5. The quantitative estimate of drug-likeness (QED) is 0.796. The lowest BCUT2D eigenvalue weighted by atomic mass is 10.1. The third kappa shape index (κ3) is 2.58. The number of aromatic nitrogens is 2. The van der Waals surface area contributed by atoms with Crippen molar-refractivity contribution in [2.75, 3.05) is 26.1 Å². The average molecular weight is 299 g/mol. The first-order chi connectivity index (χ1) is 10.5. The summed E-state index contributed by atoms with van der Waals surface area (Å²) in [6, 6.07) is 3.79. The minimum absolute atomic E-state index is 0.00839. The van der Waals surface area contributed by atoms with E-state index in [1.54, 1.807) is 14.0 Å². The van der Waals surface area contributed by atoms with E-state index in [-0.39, 0.29) is 5.78 Å². The Hall–Kier alpha value is -2.30. The van der Waals surface area contributed by atoms with Gasteiger partial charge in [-0.1, -0.05) is 0 Å². The predicted octanol–water partition coefficient (Wildman–Crippen LogP) is 3.03. The maximum Gasteiger partial charge on any atom is 0.163 e. The molecule has 0 atom stereocenters. The molecule has 1 heterocycles. The van der Waals surface area contributed by atoms with Crippen LogP contribution in [0.15, 0.2) is 24.7 Å². The van der Waals surface area contributed by atoms with Gasteiger partial charge in [0.2, 0.25) is 0 Å². The Morgan fingerprint density at radius 2 is 2.09 bits per heavy atom. The minimum atomic E-state index is -0.00839. The number of imidazole rings is 1. The third-order valence-electron chi connectivity index (χ3n) is 4.03. The normalized spacial score (nSPS) is 14.0. The van der Waals surface area contributed by atoms with Gasteiger partial charge in [0.05, 0.1) is 36.1 Å². The second-order valence-electron chi connectivity index (χ2n) is 5.97. The van der Waals surface area contributed by atoms with Gasteiger partial charge in [-0.15, -0.1) is 0 Å². The zero-order valence-electron chi connectivity index (χ0n) is 13.5. The molecular weight excluding hydrogens is 278 g/mol. The monoisotopic (exact) mass is 299 g/mol. The smallest absolute Gasteiger partial charge is 0.163 e. The molecule has 0 N–H and O–H groups in total. The molecule has 0 unspecified atom stereocenters. The summed E-state index contributed by atoms with van der Waals surface area (Å²) >= 11 is 0. The summed E-state index contributed by atoms with van der Waals surface area (Å²) < 4.78 is 7.36. The summed E-state index contributed by atoms with van der Waals surface area (Å²) in [5.74, 6) is 1.20. The number of Topliss-reactive ketones (excluding diaryl/α,β-unsaturated/α-hetero) is 1. The van der Waals surface area contributed by atoms with E-state index in [0.29, 0.717) is 17.2 Å². The van der Waals surface area contributed by atoms with Crippen LogP contribution in [0.2, 0.25) is 0 Å². The van der Waals surface area contributed by atoms with Gasteiger partial charge in [-0.2, -0.15) is 0 Å². The van der Waals surface area contributed by atoms with Crippen LogP contribution >= 0.6 is 0 Å². The molecule has 3 rings (SSSR count). The summed E-state index contributed by atoms with van der Waals surface area (Å²) in [4.78, 5) is 18.4. The summed E-state index contributed by atoms with van der Waals surface area (Å²) in [6.07, 6.45) is 6.33. The van der Waals surface area contributed by atoms with Crippen molar-refractivity contribution in [3.63, 3.8) is 0 Å². The van der Waals surface area contributed by atoms with Crippen molar-refractivity contribution in [1.29, 1.82) is 0 Å². The predicted molar refractivity (Wildman–Crippen MR) is 86.4 cm³/mol. The zero-order valence-corrected chi connectivity index (χ0v) is 13.5. The van der Waals surface area contributed by atoms with Gasteiger partial charge in [-0.05, 0) is 25.8 Å². The number of benzene rings is 1. The van der Waals surface area contributed by atoms with E-state index >= 15 is 0 Å². The highest BCUT2D eigenvalue weighted by Crippen LogP contribution is 2.40. The molecule has 0 spiro atoms. The number of hydrogen-bond donors (Lipinski definition) is 0. The number of anilines is 1. The summed E-state index contributed by atoms with van der Waals surface area (Å²) in [6.45, 7) is 1.56. The second kappa shape index (κ2) is 5.48. The number of methoxy groups -OCH3 is 1. The average Bonchev–Trinajstić information content (AvgIpc) is 3.23. The Morgan fingerprint density at radius 3 is 2.64 bits per heavy atom. The molecule has 1 aromatic carbocycles. The van der Waals surface area contributed by atoms with E-state index < -0.39 is 0 Å². The lowest BCUT2D eigenvalue weighted by molar-refractivity contribution is 0.101. The molecule has 2 aromatic rings. The third-order valence-corrected chi connectivity index (χ3v) is 4.03. The molecule has 1 aromatic heterocycles. The van der Waals surface area contributed by atoms with E-state index in [1.807, 2.05) is 42.0 Å². The van der Waals surface area contributed by atoms with Crippen LogP contribution in [0.25, 0.3) is 5.69 Å². The Kier molecular flexibility index (Phi) is 3.64. The van der Waals surface area contributed by atoms with Crippen LogP contribution in [-0.4, -0.2) is 36.5 Å². The number of ketones is 1. The van der Waals surface area contributed by atoms with E-state index in [2.05, 4.69) is 11.2 Å². The van der Waals surface area contributed by atoms with Crippen LogP contribution in [0.1, 0.15) is 41.7 Å². The van der Waals surface area contributed by atoms with Crippen molar-refractivity contribution in [1.82, 2.24) is 9.55 Å². The molecule has 22 heavy (non-hydrogen) atoms. The van der Waals surface area contributed by atoms with E-state index in [1.165, 1.54) is 12.8 Å². The maximum atomic E-state index is 11.9. The highest BCUT2D eigenvalue weighted by molar-refractivity contribution is 5.98. The maximum absolute atomic E-state index is 11.9. The molecule has 5 heteroatoms. The van der Waals surface area contributed by atoms with Crippen LogP contribution in [0.5, 0.6) is 5.75 Å². The molecule has 116 valence electrons. The Bertz CT molecular complexity index is 715. The van der Waals surface area contributed by atoms with Crippen molar-refractivity contribution in [2.24, 2.45) is 0 Å². The molecule has 1 saturated carbocycles. The Morgan fingerprint density at radius 1 is 1.36 bits per heavy atom. The van der Waals surface area contributed by atoms with Gasteiger partial charge in [-0.3, -0.25) is 4.79 Å². The topological polar surface area (TPSA) is 47.4 Å². The van der Waals surface area contributed by atoms with Crippen LogP contribution in [0.3, 0.4) is 0 Å². The van der Waals surface area contributed by atoms with Crippen LogP contribution in [0, 0.1) is 0 Å².